The summed E-state index contributed by atoms with van der Waals surface area (Å²) >= 11 is 0. The third-order valence-electron chi connectivity index (χ3n) is 8.70. The number of benzene rings is 4. The maximum absolute atomic E-state index is 13.1. The molecule has 2 aromatic heterocycles. The SMILES string of the molecule is CCN1CCc2nc(NC(=O)NCCc3ccccc3)cc3c2c1nn3C(c1ccccc1)(c1ccccc1)c1ccccc1. The van der Waals surface area contributed by atoms with E-state index < -0.39 is 5.54 Å². The molecule has 0 spiro atoms. The van der Waals surface area contributed by atoms with Gasteiger partial charge in [-0.05, 0) is 35.6 Å². The van der Waals surface area contributed by atoms with Crippen LogP contribution in [0.25, 0.3) is 10.9 Å². The molecule has 6 aromatic rings. The number of nitrogens with zero attached hydrogens (tertiary/aromatic N) is 4. The third kappa shape index (κ3) is 5.20. The number of amides is 2. The summed E-state index contributed by atoms with van der Waals surface area (Å²) in [5.41, 5.74) is 5.52. The molecule has 7 rings (SSSR count). The van der Waals surface area contributed by atoms with E-state index in [4.69, 9.17) is 10.1 Å². The van der Waals surface area contributed by atoms with E-state index >= 15 is 0 Å². The summed E-state index contributed by atoms with van der Waals surface area (Å²) in [5.74, 6) is 1.43. The summed E-state index contributed by atoms with van der Waals surface area (Å²) in [4.78, 5) is 20.4. The van der Waals surface area contributed by atoms with E-state index in [2.05, 4.69) is 112 Å². The van der Waals surface area contributed by atoms with Crippen molar-refractivity contribution in [3.8, 4) is 0 Å². The van der Waals surface area contributed by atoms with Gasteiger partial charge in [0.15, 0.2) is 5.82 Å². The molecule has 0 aliphatic carbocycles. The minimum atomic E-state index is -0.794. The van der Waals surface area contributed by atoms with Gasteiger partial charge in [-0.2, -0.15) is 5.10 Å². The van der Waals surface area contributed by atoms with E-state index in [9.17, 15) is 4.79 Å². The summed E-state index contributed by atoms with van der Waals surface area (Å²) < 4.78 is 2.16. The molecule has 3 heterocycles. The third-order valence-corrected chi connectivity index (χ3v) is 8.70. The summed E-state index contributed by atoms with van der Waals surface area (Å²) in [7, 11) is 0. The smallest absolute Gasteiger partial charge is 0.320 e. The van der Waals surface area contributed by atoms with E-state index in [0.717, 1.165) is 65.0 Å². The van der Waals surface area contributed by atoms with E-state index in [-0.39, 0.29) is 6.03 Å². The molecule has 224 valence electrons. The molecule has 7 nitrogen and oxygen atoms in total. The van der Waals surface area contributed by atoms with Crippen LogP contribution in [0.4, 0.5) is 16.4 Å². The number of hydrogen-bond acceptors (Lipinski definition) is 4. The van der Waals surface area contributed by atoms with E-state index in [1.807, 2.05) is 42.5 Å². The van der Waals surface area contributed by atoms with Crippen LogP contribution in [0.3, 0.4) is 0 Å². The topological polar surface area (TPSA) is 75.1 Å². The highest BCUT2D eigenvalue weighted by molar-refractivity contribution is 5.98. The lowest BCUT2D eigenvalue weighted by Gasteiger charge is -2.37. The highest BCUT2D eigenvalue weighted by atomic mass is 16.2. The molecule has 1 aliphatic rings. The minimum Gasteiger partial charge on any atom is -0.354 e. The van der Waals surface area contributed by atoms with Crippen LogP contribution in [0.5, 0.6) is 0 Å². The van der Waals surface area contributed by atoms with Crippen LogP contribution in [0, 0.1) is 0 Å². The number of urea groups is 1. The van der Waals surface area contributed by atoms with Gasteiger partial charge in [0.1, 0.15) is 11.4 Å². The van der Waals surface area contributed by atoms with Crippen LogP contribution >= 0.6 is 0 Å². The first-order chi connectivity index (χ1) is 22.2. The Bertz CT molecular complexity index is 1810. The van der Waals surface area contributed by atoms with Gasteiger partial charge < -0.3 is 10.2 Å². The van der Waals surface area contributed by atoms with Crippen LogP contribution in [0.1, 0.15) is 34.9 Å². The Morgan fingerprint density at radius 2 is 1.36 bits per heavy atom. The second-order valence-corrected chi connectivity index (χ2v) is 11.3. The van der Waals surface area contributed by atoms with Crippen molar-refractivity contribution in [1.29, 1.82) is 0 Å². The number of hydrogen-bond donors (Lipinski definition) is 2. The van der Waals surface area contributed by atoms with Gasteiger partial charge in [0.2, 0.25) is 0 Å². The number of aromatic nitrogens is 3. The fourth-order valence-corrected chi connectivity index (χ4v) is 6.60. The molecule has 0 saturated heterocycles. The zero-order valence-corrected chi connectivity index (χ0v) is 25.4. The molecule has 2 amide bonds. The molecule has 0 unspecified atom stereocenters. The largest absolute Gasteiger partial charge is 0.354 e. The van der Waals surface area contributed by atoms with Gasteiger partial charge in [-0.1, -0.05) is 121 Å². The molecule has 2 N–H and O–H groups in total. The summed E-state index contributed by atoms with van der Waals surface area (Å²) in [5, 5.41) is 12.5. The monoisotopic (exact) mass is 592 g/mol. The summed E-state index contributed by atoms with van der Waals surface area (Å²) in [6.45, 7) is 4.34. The Morgan fingerprint density at radius 3 is 1.91 bits per heavy atom. The number of rotatable bonds is 9. The highest BCUT2D eigenvalue weighted by Crippen LogP contribution is 2.45. The second kappa shape index (κ2) is 12.3. The number of nitrogens with one attached hydrogen (secondary N) is 2. The number of carbonyl (C=O) groups excluding carboxylic acids is 1. The number of pyridine rings is 1. The van der Waals surface area contributed by atoms with Crippen molar-refractivity contribution in [3.05, 3.63) is 155 Å². The lowest BCUT2D eigenvalue weighted by Crippen LogP contribution is -2.39. The predicted octanol–water partition coefficient (Wildman–Crippen LogP) is 7.02. The van der Waals surface area contributed by atoms with E-state index in [0.29, 0.717) is 12.4 Å². The molecule has 0 radical (unpaired) electrons. The maximum atomic E-state index is 13.1. The Balaban J connectivity index is 1.40. The number of likely N-dealkylation sites (N-methyl/N-ethyl adjacent to an activating group) is 1. The fraction of sp³-hybridized carbons (Fsp3) is 0.184. The molecule has 0 bridgehead atoms. The van der Waals surface area contributed by atoms with Crippen LogP contribution in [0.2, 0.25) is 0 Å². The predicted molar refractivity (Wildman–Crippen MR) is 181 cm³/mol. The maximum Gasteiger partial charge on any atom is 0.320 e. The fourth-order valence-electron chi connectivity index (χ4n) is 6.60. The van der Waals surface area contributed by atoms with Gasteiger partial charge in [-0.3, -0.25) is 5.32 Å². The van der Waals surface area contributed by atoms with Crippen molar-refractivity contribution < 1.29 is 4.79 Å². The van der Waals surface area contributed by atoms with Gasteiger partial charge in [0.25, 0.3) is 0 Å². The average molecular weight is 593 g/mol. The standard InChI is InChI=1S/C38H36N6O/c1-2-43-26-24-32-35-33(27-34(40-32)41-37(45)39-25-23-28-15-7-3-8-16-28)44(42-36(35)43)38(29-17-9-4-10-18-29,30-19-11-5-12-20-30)31-21-13-6-14-22-31/h3-22,27H,2,23-26H2,1H3,(H2,39,40,41,45). The number of carbonyl (C=O) groups is 1. The first-order valence-electron chi connectivity index (χ1n) is 15.6. The van der Waals surface area contributed by atoms with Gasteiger partial charge in [-0.25, -0.2) is 14.5 Å². The quantitative estimate of drug-likeness (QED) is 0.177. The molecule has 0 atom stereocenters. The van der Waals surface area contributed by atoms with Gasteiger partial charge in [-0.15, -0.1) is 0 Å². The van der Waals surface area contributed by atoms with Crippen LogP contribution in [-0.4, -0.2) is 40.4 Å². The molecular weight excluding hydrogens is 556 g/mol. The molecule has 7 heteroatoms. The van der Waals surface area contributed by atoms with Crippen LogP contribution in [-0.2, 0) is 18.4 Å². The van der Waals surface area contributed by atoms with E-state index in [1.165, 1.54) is 5.56 Å². The van der Waals surface area contributed by atoms with Gasteiger partial charge in [0, 0.05) is 32.1 Å². The lowest BCUT2D eigenvalue weighted by molar-refractivity contribution is 0.252. The molecule has 4 aromatic carbocycles. The zero-order valence-electron chi connectivity index (χ0n) is 25.4. The molecular formula is C38H36N6O. The molecule has 1 aliphatic heterocycles. The van der Waals surface area contributed by atoms with Crippen molar-refractivity contribution in [2.75, 3.05) is 29.9 Å². The van der Waals surface area contributed by atoms with Gasteiger partial charge >= 0.3 is 6.03 Å². The van der Waals surface area contributed by atoms with Crippen molar-refractivity contribution >= 4 is 28.6 Å². The average Bonchev–Trinajstić information content (AvgIpc) is 3.47. The molecule has 0 fully saturated rings. The lowest BCUT2D eigenvalue weighted by atomic mass is 9.77. The van der Waals surface area contributed by atoms with Crippen molar-refractivity contribution in [2.45, 2.75) is 25.3 Å². The first kappa shape index (κ1) is 28.3. The molecule has 0 saturated carbocycles. The van der Waals surface area contributed by atoms with E-state index in [1.54, 1.807) is 0 Å². The summed E-state index contributed by atoms with van der Waals surface area (Å²) in [6, 6.07) is 43.5. The summed E-state index contributed by atoms with van der Waals surface area (Å²) in [6.07, 6.45) is 1.52. The van der Waals surface area contributed by atoms with Gasteiger partial charge in [0.05, 0.1) is 16.6 Å². The Hall–Kier alpha value is -5.43. The van der Waals surface area contributed by atoms with Crippen molar-refractivity contribution in [1.82, 2.24) is 20.1 Å². The minimum absolute atomic E-state index is 0.275. The van der Waals surface area contributed by atoms with Crippen molar-refractivity contribution in [2.24, 2.45) is 0 Å². The molecule has 45 heavy (non-hydrogen) atoms. The van der Waals surface area contributed by atoms with Crippen molar-refractivity contribution in [3.63, 3.8) is 0 Å². The Labute approximate surface area is 263 Å². The second-order valence-electron chi connectivity index (χ2n) is 11.3. The number of anilines is 2. The zero-order chi connectivity index (χ0) is 30.6. The normalized spacial score (nSPS) is 12.7. The Morgan fingerprint density at radius 1 is 0.800 bits per heavy atom. The Kier molecular flexibility index (Phi) is 7.74. The highest BCUT2D eigenvalue weighted by Gasteiger charge is 2.42. The van der Waals surface area contributed by atoms with Crippen LogP contribution < -0.4 is 15.5 Å². The van der Waals surface area contributed by atoms with Crippen LogP contribution in [0.15, 0.2) is 127 Å². The first-order valence-corrected chi connectivity index (χ1v) is 15.6.